The third-order valence-corrected chi connectivity index (χ3v) is 6.88. The molecule has 1 aromatic heterocycles. The maximum absolute atomic E-state index is 13.8. The number of fused-ring (bicyclic) bond motifs is 1. The number of carbonyl (C=O) groups is 2. The molecule has 2 aromatic carbocycles. The molecular weight excluding hydrogens is 513 g/mol. The third kappa shape index (κ3) is 5.51. The van der Waals surface area contributed by atoms with Crippen molar-refractivity contribution in [2.75, 3.05) is 13.2 Å². The van der Waals surface area contributed by atoms with E-state index in [1.54, 1.807) is 31.2 Å². The molecule has 0 bridgehead atoms. The number of nitrogens with zero attached hydrogens (tertiary/aromatic N) is 1. The Morgan fingerprint density at radius 2 is 1.72 bits per heavy atom. The van der Waals surface area contributed by atoms with Gasteiger partial charge in [0.1, 0.15) is 16.9 Å². The van der Waals surface area contributed by atoms with Gasteiger partial charge in [0.25, 0.3) is 5.91 Å². The normalized spacial score (nSPS) is 17.6. The lowest BCUT2D eigenvalue weighted by atomic mass is 9.92. The fourth-order valence-corrected chi connectivity index (χ4v) is 5.02. The number of benzene rings is 2. The van der Waals surface area contributed by atoms with Crippen LogP contribution < -0.4 is 15.7 Å². The van der Waals surface area contributed by atoms with Gasteiger partial charge in [-0.3, -0.25) is 9.69 Å². The molecule has 39 heavy (non-hydrogen) atoms. The van der Waals surface area contributed by atoms with Gasteiger partial charge < -0.3 is 14.5 Å². The molecular formula is C29H31F3N2O5. The second-order valence-corrected chi connectivity index (χ2v) is 9.78. The number of amides is 3. The molecule has 1 N–H and O–H groups in total. The summed E-state index contributed by atoms with van der Waals surface area (Å²) in [6, 6.07) is 10.3. The van der Waals surface area contributed by atoms with Gasteiger partial charge in [0, 0.05) is 23.6 Å². The highest BCUT2D eigenvalue weighted by atomic mass is 19.4. The van der Waals surface area contributed by atoms with Gasteiger partial charge in [0.15, 0.2) is 0 Å². The number of rotatable bonds is 10. The Morgan fingerprint density at radius 3 is 2.36 bits per heavy atom. The summed E-state index contributed by atoms with van der Waals surface area (Å²) in [6.07, 6.45) is -2.38. The average Bonchev–Trinajstić information content (AvgIpc) is 3.11. The summed E-state index contributed by atoms with van der Waals surface area (Å²) in [4.78, 5) is 39.0. The first-order valence-electron chi connectivity index (χ1n) is 13.0. The molecule has 10 heteroatoms. The van der Waals surface area contributed by atoms with Crippen molar-refractivity contribution in [2.24, 2.45) is 0 Å². The highest BCUT2D eigenvalue weighted by Gasteiger charge is 2.48. The van der Waals surface area contributed by atoms with Crippen LogP contribution in [0.1, 0.15) is 62.3 Å². The van der Waals surface area contributed by atoms with E-state index in [0.29, 0.717) is 60.6 Å². The third-order valence-electron chi connectivity index (χ3n) is 6.88. The van der Waals surface area contributed by atoms with Crippen molar-refractivity contribution in [1.29, 1.82) is 0 Å². The fraction of sp³-hybridized carbons (Fsp3) is 0.414. The van der Waals surface area contributed by atoms with Gasteiger partial charge in [0.2, 0.25) is 0 Å². The molecule has 208 valence electrons. The standard InChI is InChI=1S/C29H31F3N2O5/c1-4-10-18-16-21-22(29(30,31)32)17-23(35)39-25(21)20(11-5-2)24(18)38-15-9-14-34-26(36)28(3,33-27(34)37)19-12-7-6-8-13-19/h6-8,12-13,16-17H,4-5,9-11,14-15H2,1-3H3,(H,33,37). The number of ether oxygens (including phenoxy) is 1. The quantitative estimate of drug-likeness (QED) is 0.194. The lowest BCUT2D eigenvalue weighted by molar-refractivity contribution is -0.136. The van der Waals surface area contributed by atoms with E-state index in [4.69, 9.17) is 9.15 Å². The lowest BCUT2D eigenvalue weighted by Gasteiger charge is -2.22. The van der Waals surface area contributed by atoms with Crippen LogP contribution in [-0.4, -0.2) is 30.0 Å². The summed E-state index contributed by atoms with van der Waals surface area (Å²) in [5.41, 5.74) is -1.75. The maximum Gasteiger partial charge on any atom is 0.417 e. The molecule has 0 aliphatic carbocycles. The van der Waals surface area contributed by atoms with E-state index >= 15 is 0 Å². The van der Waals surface area contributed by atoms with Crippen molar-refractivity contribution in [1.82, 2.24) is 10.2 Å². The first-order valence-corrected chi connectivity index (χ1v) is 13.0. The van der Waals surface area contributed by atoms with Crippen LogP contribution >= 0.6 is 0 Å². The van der Waals surface area contributed by atoms with Crippen molar-refractivity contribution >= 4 is 22.9 Å². The van der Waals surface area contributed by atoms with E-state index in [-0.39, 0.29) is 30.0 Å². The van der Waals surface area contributed by atoms with E-state index in [2.05, 4.69) is 5.32 Å². The molecule has 2 heterocycles. The first-order chi connectivity index (χ1) is 18.5. The van der Waals surface area contributed by atoms with Gasteiger partial charge in [-0.1, -0.05) is 57.0 Å². The molecule has 1 unspecified atom stereocenters. The SMILES string of the molecule is CCCc1cc2c(C(F)(F)F)cc(=O)oc2c(CCC)c1OCCCN1C(=O)NC(C)(c2ccccc2)C1=O. The molecule has 1 aliphatic heterocycles. The second-order valence-electron chi connectivity index (χ2n) is 9.78. The molecule has 1 saturated heterocycles. The lowest BCUT2D eigenvalue weighted by Crippen LogP contribution is -2.41. The van der Waals surface area contributed by atoms with E-state index in [0.717, 1.165) is 4.90 Å². The number of carbonyl (C=O) groups excluding carboxylic acids is 2. The number of imide groups is 1. The van der Waals surface area contributed by atoms with Crippen LogP contribution in [0, 0.1) is 0 Å². The fourth-order valence-electron chi connectivity index (χ4n) is 5.02. The van der Waals surface area contributed by atoms with Gasteiger partial charge in [0.05, 0.1) is 12.2 Å². The number of nitrogens with one attached hydrogen (secondary N) is 1. The Kier molecular flexibility index (Phi) is 8.04. The van der Waals surface area contributed by atoms with Crippen molar-refractivity contribution in [3.63, 3.8) is 0 Å². The van der Waals surface area contributed by atoms with Gasteiger partial charge in [-0.25, -0.2) is 9.59 Å². The largest absolute Gasteiger partial charge is 0.493 e. The molecule has 3 aromatic rings. The molecule has 7 nitrogen and oxygen atoms in total. The minimum Gasteiger partial charge on any atom is -0.493 e. The Labute approximate surface area is 223 Å². The van der Waals surface area contributed by atoms with Crippen LogP contribution in [0.3, 0.4) is 0 Å². The Hall–Kier alpha value is -3.82. The average molecular weight is 545 g/mol. The molecule has 1 atom stereocenters. The zero-order valence-electron chi connectivity index (χ0n) is 22.1. The number of hydrogen-bond acceptors (Lipinski definition) is 5. The van der Waals surface area contributed by atoms with E-state index in [1.165, 1.54) is 6.07 Å². The molecule has 0 spiro atoms. The van der Waals surface area contributed by atoms with Crippen molar-refractivity contribution in [3.8, 4) is 5.75 Å². The first kappa shape index (κ1) is 28.2. The number of aryl methyl sites for hydroxylation is 2. The molecule has 3 amide bonds. The molecule has 4 rings (SSSR count). The van der Waals surface area contributed by atoms with Gasteiger partial charge in [-0.05, 0) is 43.4 Å². The minimum absolute atomic E-state index is 0.0974. The zero-order chi connectivity index (χ0) is 28.4. The number of urea groups is 1. The minimum atomic E-state index is -4.72. The number of hydrogen-bond donors (Lipinski definition) is 1. The van der Waals surface area contributed by atoms with Gasteiger partial charge >= 0.3 is 17.8 Å². The smallest absolute Gasteiger partial charge is 0.417 e. The summed E-state index contributed by atoms with van der Waals surface area (Å²) < 4.78 is 52.7. The van der Waals surface area contributed by atoms with Crippen LogP contribution in [0.25, 0.3) is 11.0 Å². The summed E-state index contributed by atoms with van der Waals surface area (Å²) >= 11 is 0. The van der Waals surface area contributed by atoms with Crippen molar-refractivity contribution in [2.45, 2.75) is 64.6 Å². The van der Waals surface area contributed by atoms with Crippen molar-refractivity contribution < 1.29 is 31.9 Å². The Morgan fingerprint density at radius 1 is 1.03 bits per heavy atom. The van der Waals surface area contributed by atoms with Crippen LogP contribution in [-0.2, 0) is 29.4 Å². The number of halogens is 3. The molecule has 1 aliphatic rings. The molecule has 0 saturated carbocycles. The molecule has 0 radical (unpaired) electrons. The number of alkyl halides is 3. The zero-order valence-corrected chi connectivity index (χ0v) is 22.1. The summed E-state index contributed by atoms with van der Waals surface area (Å²) in [5.74, 6) is 0.0178. The van der Waals surface area contributed by atoms with E-state index in [1.807, 2.05) is 19.9 Å². The predicted octanol–water partition coefficient (Wildman–Crippen LogP) is 5.95. The Bertz CT molecular complexity index is 1430. The van der Waals surface area contributed by atoms with Crippen LogP contribution in [0.2, 0.25) is 0 Å². The van der Waals surface area contributed by atoms with Crippen LogP contribution in [0.5, 0.6) is 5.75 Å². The second kappa shape index (κ2) is 11.1. The van der Waals surface area contributed by atoms with E-state index < -0.39 is 28.9 Å². The summed E-state index contributed by atoms with van der Waals surface area (Å²) in [6.45, 7) is 5.63. The summed E-state index contributed by atoms with van der Waals surface area (Å²) in [7, 11) is 0. The van der Waals surface area contributed by atoms with Crippen molar-refractivity contribution in [3.05, 3.63) is 75.1 Å². The topological polar surface area (TPSA) is 88.8 Å². The highest BCUT2D eigenvalue weighted by Crippen LogP contribution is 2.40. The van der Waals surface area contributed by atoms with E-state index in [9.17, 15) is 27.6 Å². The van der Waals surface area contributed by atoms with Gasteiger partial charge in [-0.15, -0.1) is 0 Å². The predicted molar refractivity (Wildman–Crippen MR) is 140 cm³/mol. The van der Waals surface area contributed by atoms with Crippen LogP contribution in [0.15, 0.2) is 51.7 Å². The van der Waals surface area contributed by atoms with Gasteiger partial charge in [-0.2, -0.15) is 13.2 Å². The summed E-state index contributed by atoms with van der Waals surface area (Å²) in [5, 5.41) is 2.60. The van der Waals surface area contributed by atoms with Crippen LogP contribution in [0.4, 0.5) is 18.0 Å². The maximum atomic E-state index is 13.8. The monoisotopic (exact) mass is 544 g/mol. The Balaban J connectivity index is 1.59. The molecule has 1 fully saturated rings. The highest BCUT2D eigenvalue weighted by molar-refractivity contribution is 6.07.